The second-order valence-electron chi connectivity index (χ2n) is 9.92. The second-order valence-corrected chi connectivity index (χ2v) is 9.92. The maximum Gasteiger partial charge on any atom is 0.114 e. The minimum Gasteiger partial charge on any atom is -0.386 e. The number of aliphatic hydroxyl groups excluding tert-OH is 1. The van der Waals surface area contributed by atoms with Crippen LogP contribution < -0.4 is 0 Å². The van der Waals surface area contributed by atoms with E-state index in [1.807, 2.05) is 55.5 Å². The van der Waals surface area contributed by atoms with Crippen LogP contribution in [0.4, 0.5) is 0 Å². The monoisotopic (exact) mass is 474 g/mol. The minimum atomic E-state index is -0.789. The van der Waals surface area contributed by atoms with E-state index in [4.69, 9.17) is 14.2 Å². The molecule has 1 heterocycles. The van der Waals surface area contributed by atoms with Crippen molar-refractivity contribution >= 4 is 0 Å². The number of hydrogen-bond donors (Lipinski definition) is 1. The van der Waals surface area contributed by atoms with Gasteiger partial charge in [-0.1, -0.05) is 98.3 Å². The van der Waals surface area contributed by atoms with Crippen molar-refractivity contribution in [2.75, 3.05) is 6.61 Å². The molecule has 0 aliphatic carbocycles. The zero-order chi connectivity index (χ0) is 24.8. The Morgan fingerprint density at radius 3 is 2.09 bits per heavy atom. The first-order chi connectivity index (χ1) is 16.9. The van der Waals surface area contributed by atoms with E-state index in [1.165, 1.54) is 5.56 Å². The molecule has 0 bridgehead atoms. The van der Waals surface area contributed by atoms with Crippen LogP contribution in [-0.2, 0) is 27.4 Å². The molecule has 6 atom stereocenters. The summed E-state index contributed by atoms with van der Waals surface area (Å²) in [5.74, 6) is 0.400. The summed E-state index contributed by atoms with van der Waals surface area (Å²) in [5, 5.41) is 11.6. The molecule has 3 aromatic carbocycles. The second kappa shape index (κ2) is 12.0. The van der Waals surface area contributed by atoms with Gasteiger partial charge in [0.2, 0.25) is 0 Å². The van der Waals surface area contributed by atoms with Gasteiger partial charge in [-0.3, -0.25) is 0 Å². The quantitative estimate of drug-likeness (QED) is 0.402. The first-order valence-electron chi connectivity index (χ1n) is 12.6. The highest BCUT2D eigenvalue weighted by atomic mass is 16.6. The highest BCUT2D eigenvalue weighted by molar-refractivity contribution is 5.33. The molecule has 0 saturated carbocycles. The molecule has 4 rings (SSSR count). The average Bonchev–Trinajstić information content (AvgIpc) is 2.87. The molecule has 0 spiro atoms. The van der Waals surface area contributed by atoms with Gasteiger partial charge in [0.25, 0.3) is 0 Å². The van der Waals surface area contributed by atoms with E-state index in [2.05, 4.69) is 51.1 Å². The maximum atomic E-state index is 11.6. The van der Waals surface area contributed by atoms with E-state index >= 15 is 0 Å². The molecule has 4 heteroatoms. The Hall–Kier alpha value is -2.50. The van der Waals surface area contributed by atoms with Crippen LogP contribution in [0, 0.1) is 25.7 Å². The Morgan fingerprint density at radius 2 is 1.46 bits per heavy atom. The molecule has 0 amide bonds. The number of aryl methyl sites for hydroxylation is 2. The van der Waals surface area contributed by atoms with E-state index in [-0.39, 0.29) is 24.0 Å². The van der Waals surface area contributed by atoms with E-state index in [1.54, 1.807) is 0 Å². The van der Waals surface area contributed by atoms with Crippen LogP contribution in [0.2, 0.25) is 0 Å². The van der Waals surface area contributed by atoms with Gasteiger partial charge in [-0.25, -0.2) is 0 Å². The molecule has 0 radical (unpaired) electrons. The summed E-state index contributed by atoms with van der Waals surface area (Å²) < 4.78 is 19.1. The van der Waals surface area contributed by atoms with E-state index in [0.29, 0.717) is 19.8 Å². The molecule has 35 heavy (non-hydrogen) atoms. The van der Waals surface area contributed by atoms with Gasteiger partial charge in [-0.05, 0) is 47.9 Å². The lowest BCUT2D eigenvalue weighted by Crippen LogP contribution is -2.53. The third-order valence-corrected chi connectivity index (χ3v) is 7.32. The average molecular weight is 475 g/mol. The highest BCUT2D eigenvalue weighted by Gasteiger charge is 2.45. The fourth-order valence-electron chi connectivity index (χ4n) is 5.00. The summed E-state index contributed by atoms with van der Waals surface area (Å²) in [6.07, 6.45) is -1.65. The van der Waals surface area contributed by atoms with Gasteiger partial charge in [0, 0.05) is 0 Å². The van der Waals surface area contributed by atoms with E-state index in [0.717, 1.165) is 22.3 Å². The molecular weight excluding hydrogens is 436 g/mol. The lowest BCUT2D eigenvalue weighted by molar-refractivity contribution is -0.230. The Labute approximate surface area is 209 Å². The van der Waals surface area contributed by atoms with Gasteiger partial charge in [-0.15, -0.1) is 0 Å². The zero-order valence-electron chi connectivity index (χ0n) is 21.3. The van der Waals surface area contributed by atoms with Crippen molar-refractivity contribution in [1.82, 2.24) is 0 Å². The van der Waals surface area contributed by atoms with Gasteiger partial charge >= 0.3 is 0 Å². The van der Waals surface area contributed by atoms with Gasteiger partial charge in [0.05, 0.1) is 32.0 Å². The SMILES string of the molecule is Cc1ccc([C@@H](O)C2OC(COCc3ccccc3)C(C)C(C)C2OCc2ccccc2)c(C)c1. The molecule has 1 aliphatic rings. The molecule has 4 nitrogen and oxygen atoms in total. The fraction of sp³-hybridized carbons (Fsp3) is 0.419. The van der Waals surface area contributed by atoms with Gasteiger partial charge in [-0.2, -0.15) is 0 Å². The molecular formula is C31H38O4. The summed E-state index contributed by atoms with van der Waals surface area (Å²) in [5.41, 5.74) is 5.38. The van der Waals surface area contributed by atoms with Crippen LogP contribution in [-0.4, -0.2) is 30.0 Å². The lowest BCUT2D eigenvalue weighted by atomic mass is 9.78. The van der Waals surface area contributed by atoms with Crippen molar-refractivity contribution in [2.45, 2.75) is 65.3 Å². The van der Waals surface area contributed by atoms with Crippen LogP contribution in [0.5, 0.6) is 0 Å². The molecule has 1 N–H and O–H groups in total. The van der Waals surface area contributed by atoms with Gasteiger partial charge < -0.3 is 19.3 Å². The maximum absolute atomic E-state index is 11.6. The van der Waals surface area contributed by atoms with Crippen molar-refractivity contribution in [2.24, 2.45) is 11.8 Å². The number of aliphatic hydroxyl groups is 1. The minimum absolute atomic E-state index is 0.129. The predicted molar refractivity (Wildman–Crippen MR) is 139 cm³/mol. The lowest BCUT2D eigenvalue weighted by Gasteiger charge is -2.46. The van der Waals surface area contributed by atoms with E-state index in [9.17, 15) is 5.11 Å². The van der Waals surface area contributed by atoms with Gasteiger partial charge in [0.15, 0.2) is 0 Å². The van der Waals surface area contributed by atoms with E-state index < -0.39 is 12.2 Å². The van der Waals surface area contributed by atoms with Gasteiger partial charge in [0.1, 0.15) is 12.2 Å². The topological polar surface area (TPSA) is 47.9 Å². The Morgan fingerprint density at radius 1 is 0.829 bits per heavy atom. The molecule has 0 aromatic heterocycles. The standard InChI is InChI=1S/C31H38O4/c1-21-15-16-27(22(2)17-21)29(32)31-30(34-19-26-13-9-6-10-14-26)24(4)23(3)28(35-31)20-33-18-25-11-7-5-8-12-25/h5-17,23-24,28-32H,18-20H2,1-4H3/t23?,24?,28?,29-,30?,31?/m1/s1. The number of hydrogen-bond acceptors (Lipinski definition) is 4. The van der Waals surface area contributed by atoms with Crippen LogP contribution in [0.15, 0.2) is 78.9 Å². The normalized spacial score (nSPS) is 25.3. The van der Waals surface area contributed by atoms with Crippen molar-refractivity contribution in [3.63, 3.8) is 0 Å². The molecule has 1 fully saturated rings. The van der Waals surface area contributed by atoms with Crippen LogP contribution in [0.25, 0.3) is 0 Å². The number of rotatable bonds is 9. The highest BCUT2D eigenvalue weighted by Crippen LogP contribution is 2.39. The largest absolute Gasteiger partial charge is 0.386 e. The summed E-state index contributed by atoms with van der Waals surface area (Å²) >= 11 is 0. The molecule has 1 aliphatic heterocycles. The molecule has 1 saturated heterocycles. The summed E-state index contributed by atoms with van der Waals surface area (Å²) in [6, 6.07) is 26.5. The van der Waals surface area contributed by atoms with Crippen LogP contribution in [0.1, 0.15) is 47.8 Å². The fourth-order valence-corrected chi connectivity index (χ4v) is 5.00. The van der Waals surface area contributed by atoms with Crippen molar-refractivity contribution in [3.8, 4) is 0 Å². The smallest absolute Gasteiger partial charge is 0.114 e. The van der Waals surface area contributed by atoms with Crippen molar-refractivity contribution in [1.29, 1.82) is 0 Å². The first-order valence-corrected chi connectivity index (χ1v) is 12.6. The van der Waals surface area contributed by atoms with Crippen LogP contribution in [0.3, 0.4) is 0 Å². The Bertz CT molecular complexity index is 1050. The number of ether oxygens (including phenoxy) is 3. The van der Waals surface area contributed by atoms with Crippen molar-refractivity contribution in [3.05, 3.63) is 107 Å². The third kappa shape index (κ3) is 6.39. The predicted octanol–water partition coefficient (Wildman–Crippen LogP) is 6.18. The number of benzene rings is 3. The van der Waals surface area contributed by atoms with Crippen molar-refractivity contribution < 1.29 is 19.3 Å². The molecule has 3 aromatic rings. The molecule has 186 valence electrons. The molecule has 5 unspecified atom stereocenters. The Kier molecular flexibility index (Phi) is 8.74. The third-order valence-electron chi connectivity index (χ3n) is 7.32. The van der Waals surface area contributed by atoms with Crippen LogP contribution >= 0.6 is 0 Å². The summed E-state index contributed by atoms with van der Waals surface area (Å²) in [7, 11) is 0. The zero-order valence-corrected chi connectivity index (χ0v) is 21.3. The summed E-state index contributed by atoms with van der Waals surface area (Å²) in [4.78, 5) is 0. The first kappa shape index (κ1) is 25.6. The summed E-state index contributed by atoms with van der Waals surface area (Å²) in [6.45, 7) is 10.0. The Balaban J connectivity index is 1.52.